The Balaban J connectivity index is 0.00000128. The first-order valence-electron chi connectivity index (χ1n) is 4.70. The third-order valence-electron chi connectivity index (χ3n) is 2.04. The number of thiazole rings is 1. The molecule has 1 aromatic heterocycles. The van der Waals surface area contributed by atoms with E-state index in [4.69, 9.17) is 17.3 Å². The first-order chi connectivity index (χ1) is 7.29. The molecule has 2 aromatic rings. The van der Waals surface area contributed by atoms with Gasteiger partial charge >= 0.3 is 0 Å². The minimum Gasteiger partial charge on any atom is -0.330 e. The molecule has 17 heavy (non-hydrogen) atoms. The summed E-state index contributed by atoms with van der Waals surface area (Å²) >= 11 is 7.46. The summed E-state index contributed by atoms with van der Waals surface area (Å²) < 4.78 is 0. The van der Waals surface area contributed by atoms with Gasteiger partial charge in [0, 0.05) is 22.4 Å². The van der Waals surface area contributed by atoms with Crippen molar-refractivity contribution in [2.24, 2.45) is 5.73 Å². The van der Waals surface area contributed by atoms with Crippen LogP contribution in [0.1, 0.15) is 5.69 Å². The van der Waals surface area contributed by atoms with Crippen LogP contribution in [-0.2, 0) is 6.42 Å². The van der Waals surface area contributed by atoms with Gasteiger partial charge in [-0.25, -0.2) is 4.98 Å². The highest BCUT2D eigenvalue weighted by Crippen LogP contribution is 2.25. The van der Waals surface area contributed by atoms with Gasteiger partial charge in [-0.15, -0.1) is 36.2 Å². The summed E-state index contributed by atoms with van der Waals surface area (Å²) in [4.78, 5) is 4.50. The Bertz CT molecular complexity index is 442. The van der Waals surface area contributed by atoms with E-state index >= 15 is 0 Å². The number of nitrogens with zero attached hydrogens (tertiary/aromatic N) is 1. The summed E-state index contributed by atoms with van der Waals surface area (Å²) in [6.07, 6.45) is 0.837. The second kappa shape index (κ2) is 7.90. The van der Waals surface area contributed by atoms with Crippen molar-refractivity contribution in [2.45, 2.75) is 6.42 Å². The zero-order chi connectivity index (χ0) is 10.7. The second-order valence-corrected chi connectivity index (χ2v) is 4.48. The van der Waals surface area contributed by atoms with Crippen LogP contribution in [0.4, 0.5) is 0 Å². The van der Waals surface area contributed by atoms with Crippen LogP contribution < -0.4 is 5.73 Å². The largest absolute Gasteiger partial charge is 0.330 e. The molecule has 0 spiro atoms. The highest BCUT2D eigenvalue weighted by molar-refractivity contribution is 7.13. The van der Waals surface area contributed by atoms with Gasteiger partial charge in [-0.2, -0.15) is 0 Å². The van der Waals surface area contributed by atoms with Crippen molar-refractivity contribution < 1.29 is 0 Å². The molecule has 6 heteroatoms. The van der Waals surface area contributed by atoms with Gasteiger partial charge in [-0.1, -0.05) is 23.7 Å². The highest BCUT2D eigenvalue weighted by atomic mass is 35.5. The van der Waals surface area contributed by atoms with Crippen molar-refractivity contribution >= 4 is 47.8 Å². The number of aromatic nitrogens is 1. The summed E-state index contributed by atoms with van der Waals surface area (Å²) in [5, 5.41) is 3.82. The molecule has 2 nitrogen and oxygen atoms in total. The lowest BCUT2D eigenvalue weighted by atomic mass is 10.2. The quantitative estimate of drug-likeness (QED) is 0.936. The first-order valence-corrected chi connectivity index (χ1v) is 5.96. The maximum atomic E-state index is 5.82. The summed E-state index contributed by atoms with van der Waals surface area (Å²) in [5.41, 5.74) is 7.64. The lowest BCUT2D eigenvalue weighted by Gasteiger charge is -1.95. The molecule has 0 radical (unpaired) electrons. The molecule has 0 saturated carbocycles. The Morgan fingerprint density at radius 1 is 1.18 bits per heavy atom. The van der Waals surface area contributed by atoms with E-state index in [0.29, 0.717) is 6.54 Å². The summed E-state index contributed by atoms with van der Waals surface area (Å²) in [5.74, 6) is 0. The van der Waals surface area contributed by atoms with Crippen LogP contribution in [0.15, 0.2) is 29.6 Å². The monoisotopic (exact) mass is 310 g/mol. The van der Waals surface area contributed by atoms with E-state index in [9.17, 15) is 0 Å². The van der Waals surface area contributed by atoms with Crippen LogP contribution >= 0.6 is 47.8 Å². The Hall–Kier alpha value is -0.320. The molecule has 0 aliphatic rings. The third-order valence-corrected chi connectivity index (χ3v) is 3.24. The van der Waals surface area contributed by atoms with Crippen molar-refractivity contribution in [3.8, 4) is 10.6 Å². The summed E-state index contributed by atoms with van der Waals surface area (Å²) in [6, 6.07) is 7.71. The van der Waals surface area contributed by atoms with Crippen LogP contribution in [-0.4, -0.2) is 11.5 Å². The minimum absolute atomic E-state index is 0. The standard InChI is InChI=1S/C11H11ClN2S.2ClH/c12-9-3-1-8(2-4-9)11-14-10(5-6-13)7-15-11;;/h1-4,7H,5-6,13H2;2*1H. The van der Waals surface area contributed by atoms with Gasteiger partial charge in [0.05, 0.1) is 5.69 Å². The average molecular weight is 312 g/mol. The van der Waals surface area contributed by atoms with E-state index in [-0.39, 0.29) is 24.8 Å². The molecule has 2 N–H and O–H groups in total. The van der Waals surface area contributed by atoms with Gasteiger partial charge in [0.2, 0.25) is 0 Å². The van der Waals surface area contributed by atoms with Gasteiger partial charge in [0.15, 0.2) is 0 Å². The zero-order valence-corrected chi connectivity index (χ0v) is 12.1. The Morgan fingerprint density at radius 2 is 1.82 bits per heavy atom. The molecular weight excluding hydrogens is 299 g/mol. The lowest BCUT2D eigenvalue weighted by molar-refractivity contribution is 0.936. The molecule has 0 fully saturated rings. The maximum Gasteiger partial charge on any atom is 0.123 e. The number of benzene rings is 1. The van der Waals surface area contributed by atoms with Crippen molar-refractivity contribution in [1.82, 2.24) is 4.98 Å². The Morgan fingerprint density at radius 3 is 2.41 bits per heavy atom. The van der Waals surface area contributed by atoms with Gasteiger partial charge in [0.1, 0.15) is 5.01 Å². The van der Waals surface area contributed by atoms with E-state index in [0.717, 1.165) is 27.7 Å². The summed E-state index contributed by atoms with van der Waals surface area (Å²) in [6.45, 7) is 0.643. The molecular formula is C11H13Cl3N2S. The van der Waals surface area contributed by atoms with Crippen LogP contribution in [0.2, 0.25) is 5.02 Å². The fourth-order valence-electron chi connectivity index (χ4n) is 1.29. The Labute approximate surface area is 122 Å². The van der Waals surface area contributed by atoms with Gasteiger partial charge in [0.25, 0.3) is 0 Å². The average Bonchev–Trinajstić information content (AvgIpc) is 2.68. The molecule has 94 valence electrons. The second-order valence-electron chi connectivity index (χ2n) is 3.19. The van der Waals surface area contributed by atoms with E-state index < -0.39 is 0 Å². The Kier molecular flexibility index (Phi) is 7.75. The SMILES string of the molecule is Cl.Cl.NCCc1csc(-c2ccc(Cl)cc2)n1. The van der Waals surface area contributed by atoms with Gasteiger partial charge in [-0.3, -0.25) is 0 Å². The molecule has 2 rings (SSSR count). The lowest BCUT2D eigenvalue weighted by Crippen LogP contribution is -2.02. The number of hydrogen-bond donors (Lipinski definition) is 1. The van der Waals surface area contributed by atoms with Crippen LogP contribution in [0, 0.1) is 0 Å². The minimum atomic E-state index is 0. The zero-order valence-electron chi connectivity index (χ0n) is 8.93. The van der Waals surface area contributed by atoms with Crippen molar-refractivity contribution in [2.75, 3.05) is 6.54 Å². The maximum absolute atomic E-state index is 5.82. The van der Waals surface area contributed by atoms with Crippen LogP contribution in [0.25, 0.3) is 10.6 Å². The van der Waals surface area contributed by atoms with E-state index in [2.05, 4.69) is 10.4 Å². The summed E-state index contributed by atoms with van der Waals surface area (Å²) in [7, 11) is 0. The first kappa shape index (κ1) is 16.7. The predicted molar refractivity (Wildman–Crippen MR) is 79.8 cm³/mol. The fraction of sp³-hybridized carbons (Fsp3) is 0.182. The van der Waals surface area contributed by atoms with E-state index in [1.165, 1.54) is 0 Å². The number of rotatable bonds is 3. The predicted octanol–water partition coefficient (Wildman–Crippen LogP) is 3.81. The molecule has 0 bridgehead atoms. The topological polar surface area (TPSA) is 38.9 Å². The van der Waals surface area contributed by atoms with Gasteiger partial charge < -0.3 is 5.73 Å². The van der Waals surface area contributed by atoms with Crippen molar-refractivity contribution in [3.63, 3.8) is 0 Å². The number of hydrogen-bond acceptors (Lipinski definition) is 3. The highest BCUT2D eigenvalue weighted by Gasteiger charge is 2.03. The van der Waals surface area contributed by atoms with E-state index in [1.807, 2.05) is 24.3 Å². The molecule has 0 aliphatic carbocycles. The molecule has 1 heterocycles. The van der Waals surface area contributed by atoms with Crippen LogP contribution in [0.3, 0.4) is 0 Å². The molecule has 0 amide bonds. The van der Waals surface area contributed by atoms with E-state index in [1.54, 1.807) is 11.3 Å². The number of halogens is 3. The van der Waals surface area contributed by atoms with Crippen molar-refractivity contribution in [1.29, 1.82) is 0 Å². The van der Waals surface area contributed by atoms with Gasteiger partial charge in [-0.05, 0) is 18.7 Å². The molecule has 1 aromatic carbocycles. The van der Waals surface area contributed by atoms with Crippen LogP contribution in [0.5, 0.6) is 0 Å². The van der Waals surface area contributed by atoms with Crippen molar-refractivity contribution in [3.05, 3.63) is 40.4 Å². The number of nitrogens with two attached hydrogens (primary N) is 1. The fourth-order valence-corrected chi connectivity index (χ4v) is 2.28. The molecule has 0 atom stereocenters. The molecule has 0 saturated heterocycles. The third kappa shape index (κ3) is 4.45. The molecule has 0 aliphatic heterocycles. The molecule has 0 unspecified atom stereocenters. The normalized spacial score (nSPS) is 9.29. The smallest absolute Gasteiger partial charge is 0.123 e.